The Balaban J connectivity index is 2.96. The fraction of sp³-hybridized carbons (Fsp3) is 0.100. The van der Waals surface area contributed by atoms with Crippen LogP contribution in [0.25, 0.3) is 6.08 Å². The molecule has 1 rings (SSSR count). The van der Waals surface area contributed by atoms with Gasteiger partial charge in [-0.3, -0.25) is 4.79 Å². The molecule has 2 nitrogen and oxygen atoms in total. The van der Waals surface area contributed by atoms with Crippen LogP contribution in [0.4, 0.5) is 0 Å². The van der Waals surface area contributed by atoms with E-state index in [1.807, 2.05) is 19.1 Å². The largest absolute Gasteiger partial charge is 0.366 e. The number of amides is 1. The molecule has 0 unspecified atom stereocenters. The smallest absolute Gasteiger partial charge is 0.241 e. The molecule has 1 aromatic carbocycles. The summed E-state index contributed by atoms with van der Waals surface area (Å²) in [6.45, 7) is 1.92. The number of benzene rings is 1. The highest BCUT2D eigenvalue weighted by molar-refractivity contribution is 6.30. The van der Waals surface area contributed by atoms with Crippen LogP contribution in [0.2, 0.25) is 5.02 Å². The summed E-state index contributed by atoms with van der Waals surface area (Å²) in [7, 11) is 0. The Kier molecular flexibility index (Phi) is 3.09. The van der Waals surface area contributed by atoms with E-state index in [0.717, 1.165) is 11.1 Å². The normalized spacial score (nSPS) is 10.6. The molecule has 1 amide bonds. The monoisotopic (exact) mass is 195 g/mol. The number of halogens is 1. The van der Waals surface area contributed by atoms with Crippen LogP contribution in [0, 0.1) is 6.92 Å². The molecule has 0 aliphatic heterocycles. The van der Waals surface area contributed by atoms with E-state index in [-0.39, 0.29) is 0 Å². The predicted octanol–water partition coefficient (Wildman–Crippen LogP) is 2.15. The molecular formula is C10H10ClNO. The van der Waals surface area contributed by atoms with Gasteiger partial charge in [0, 0.05) is 11.1 Å². The first-order chi connectivity index (χ1) is 6.09. The Morgan fingerprint density at radius 3 is 2.77 bits per heavy atom. The van der Waals surface area contributed by atoms with Crippen molar-refractivity contribution in [1.82, 2.24) is 0 Å². The van der Waals surface area contributed by atoms with E-state index in [1.54, 1.807) is 12.1 Å². The minimum Gasteiger partial charge on any atom is -0.366 e. The second-order valence-corrected chi connectivity index (χ2v) is 3.17. The second kappa shape index (κ2) is 4.10. The molecular weight excluding hydrogens is 186 g/mol. The number of aryl methyl sites for hydroxylation is 1. The topological polar surface area (TPSA) is 43.1 Å². The molecule has 0 saturated heterocycles. The van der Waals surface area contributed by atoms with Crippen LogP contribution in [0.3, 0.4) is 0 Å². The average molecular weight is 196 g/mol. The van der Waals surface area contributed by atoms with Crippen LogP contribution in [-0.2, 0) is 4.79 Å². The lowest BCUT2D eigenvalue weighted by atomic mass is 10.1. The van der Waals surface area contributed by atoms with Gasteiger partial charge in [0.25, 0.3) is 0 Å². The van der Waals surface area contributed by atoms with E-state index in [9.17, 15) is 4.79 Å². The lowest BCUT2D eigenvalue weighted by Crippen LogP contribution is -2.05. The third-order valence-corrected chi connectivity index (χ3v) is 1.89. The SMILES string of the molecule is Cc1cc(Cl)ccc1C=CC(N)=O. The molecule has 0 aromatic heterocycles. The lowest BCUT2D eigenvalue weighted by molar-refractivity contribution is -0.113. The molecule has 1 aromatic rings. The van der Waals surface area contributed by atoms with Crippen LogP contribution in [-0.4, -0.2) is 5.91 Å². The van der Waals surface area contributed by atoms with Gasteiger partial charge in [-0.05, 0) is 36.3 Å². The zero-order valence-corrected chi connectivity index (χ0v) is 8.01. The van der Waals surface area contributed by atoms with Crippen LogP contribution < -0.4 is 5.73 Å². The fourth-order valence-electron chi connectivity index (χ4n) is 0.998. The molecule has 0 heterocycles. The maximum Gasteiger partial charge on any atom is 0.241 e. The van der Waals surface area contributed by atoms with Crippen molar-refractivity contribution in [3.63, 3.8) is 0 Å². The summed E-state index contributed by atoms with van der Waals surface area (Å²) in [4.78, 5) is 10.5. The van der Waals surface area contributed by atoms with Crippen LogP contribution >= 0.6 is 11.6 Å². The fourth-order valence-corrected chi connectivity index (χ4v) is 1.22. The van der Waals surface area contributed by atoms with Gasteiger partial charge in [0.15, 0.2) is 0 Å². The molecule has 0 bridgehead atoms. The highest BCUT2D eigenvalue weighted by Crippen LogP contribution is 2.16. The van der Waals surface area contributed by atoms with Gasteiger partial charge in [0.1, 0.15) is 0 Å². The van der Waals surface area contributed by atoms with Gasteiger partial charge in [0.05, 0.1) is 0 Å². The van der Waals surface area contributed by atoms with Gasteiger partial charge in [0.2, 0.25) is 5.91 Å². The zero-order valence-electron chi connectivity index (χ0n) is 7.25. The van der Waals surface area contributed by atoms with Crippen LogP contribution in [0.15, 0.2) is 24.3 Å². The van der Waals surface area contributed by atoms with Crippen LogP contribution in [0.1, 0.15) is 11.1 Å². The highest BCUT2D eigenvalue weighted by atomic mass is 35.5. The summed E-state index contributed by atoms with van der Waals surface area (Å²) in [5.74, 6) is -0.450. The average Bonchev–Trinajstić information content (AvgIpc) is 2.02. The van der Waals surface area contributed by atoms with Crippen molar-refractivity contribution in [1.29, 1.82) is 0 Å². The van der Waals surface area contributed by atoms with Crippen molar-refractivity contribution < 1.29 is 4.79 Å². The van der Waals surface area contributed by atoms with E-state index in [0.29, 0.717) is 5.02 Å². The zero-order chi connectivity index (χ0) is 9.84. The molecule has 2 N–H and O–H groups in total. The van der Waals surface area contributed by atoms with Crippen molar-refractivity contribution in [2.45, 2.75) is 6.92 Å². The highest BCUT2D eigenvalue weighted by Gasteiger charge is 1.95. The number of carbonyl (C=O) groups excluding carboxylic acids is 1. The van der Waals surface area contributed by atoms with Gasteiger partial charge in [-0.15, -0.1) is 0 Å². The molecule has 3 heteroatoms. The third kappa shape index (κ3) is 2.92. The Morgan fingerprint density at radius 2 is 2.23 bits per heavy atom. The maximum atomic E-state index is 10.5. The van der Waals surface area contributed by atoms with E-state index in [1.165, 1.54) is 6.08 Å². The summed E-state index contributed by atoms with van der Waals surface area (Å²) in [6, 6.07) is 5.45. The van der Waals surface area contributed by atoms with Crippen molar-refractivity contribution in [2.75, 3.05) is 0 Å². The van der Waals surface area contributed by atoms with Crippen molar-refractivity contribution in [2.24, 2.45) is 5.73 Å². The van der Waals surface area contributed by atoms with Gasteiger partial charge < -0.3 is 5.73 Å². The van der Waals surface area contributed by atoms with E-state index < -0.39 is 5.91 Å². The van der Waals surface area contributed by atoms with Gasteiger partial charge in [-0.1, -0.05) is 17.7 Å². The Labute approximate surface area is 82.0 Å². The van der Waals surface area contributed by atoms with Gasteiger partial charge in [-0.25, -0.2) is 0 Å². The number of carbonyl (C=O) groups is 1. The minimum atomic E-state index is -0.450. The molecule has 0 radical (unpaired) electrons. The van der Waals surface area contributed by atoms with Crippen molar-refractivity contribution in [3.05, 3.63) is 40.4 Å². The molecule has 0 aliphatic rings. The molecule has 0 saturated carbocycles. The van der Waals surface area contributed by atoms with E-state index in [2.05, 4.69) is 0 Å². The molecule has 13 heavy (non-hydrogen) atoms. The summed E-state index contributed by atoms with van der Waals surface area (Å²) in [5.41, 5.74) is 6.93. The van der Waals surface area contributed by atoms with Crippen molar-refractivity contribution >= 4 is 23.6 Å². The van der Waals surface area contributed by atoms with E-state index >= 15 is 0 Å². The number of nitrogens with two attached hydrogens (primary N) is 1. The molecule has 68 valence electrons. The summed E-state index contributed by atoms with van der Waals surface area (Å²) in [6.07, 6.45) is 3.00. The summed E-state index contributed by atoms with van der Waals surface area (Å²) in [5, 5.41) is 0.689. The molecule has 0 atom stereocenters. The first-order valence-electron chi connectivity index (χ1n) is 3.83. The van der Waals surface area contributed by atoms with Gasteiger partial charge in [-0.2, -0.15) is 0 Å². The molecule has 0 fully saturated rings. The molecule has 0 spiro atoms. The Hall–Kier alpha value is -1.28. The number of hydrogen-bond donors (Lipinski definition) is 1. The summed E-state index contributed by atoms with van der Waals surface area (Å²) >= 11 is 5.76. The summed E-state index contributed by atoms with van der Waals surface area (Å²) < 4.78 is 0. The Bertz CT molecular complexity index is 358. The number of rotatable bonds is 2. The third-order valence-electron chi connectivity index (χ3n) is 1.66. The standard InChI is InChI=1S/C10H10ClNO/c1-7-6-9(11)4-2-8(7)3-5-10(12)13/h2-6H,1H3,(H2,12,13). The number of hydrogen-bond acceptors (Lipinski definition) is 1. The first-order valence-corrected chi connectivity index (χ1v) is 4.21. The Morgan fingerprint density at radius 1 is 1.54 bits per heavy atom. The molecule has 0 aliphatic carbocycles. The van der Waals surface area contributed by atoms with Gasteiger partial charge >= 0.3 is 0 Å². The van der Waals surface area contributed by atoms with E-state index in [4.69, 9.17) is 17.3 Å². The minimum absolute atomic E-state index is 0.450. The quantitative estimate of drug-likeness (QED) is 0.722. The van der Waals surface area contributed by atoms with Crippen molar-refractivity contribution in [3.8, 4) is 0 Å². The number of primary amides is 1. The first kappa shape index (κ1) is 9.81. The predicted molar refractivity (Wildman–Crippen MR) is 54.4 cm³/mol. The maximum absolute atomic E-state index is 10.5. The lowest BCUT2D eigenvalue weighted by Gasteiger charge is -1.99. The van der Waals surface area contributed by atoms with Crippen LogP contribution in [0.5, 0.6) is 0 Å². The second-order valence-electron chi connectivity index (χ2n) is 2.74.